The third kappa shape index (κ3) is 3.85. The molecule has 26 heavy (non-hydrogen) atoms. The summed E-state index contributed by atoms with van der Waals surface area (Å²) in [5, 5.41) is 10.6. The Bertz CT molecular complexity index is 836. The van der Waals surface area contributed by atoms with Gasteiger partial charge >= 0.3 is 5.97 Å². The van der Waals surface area contributed by atoms with Gasteiger partial charge in [-0.25, -0.2) is 4.39 Å². The van der Waals surface area contributed by atoms with Crippen LogP contribution in [0.15, 0.2) is 48.5 Å². The zero-order chi connectivity index (χ0) is 18.7. The summed E-state index contributed by atoms with van der Waals surface area (Å²) in [5.41, 5.74) is 1.10. The lowest BCUT2D eigenvalue weighted by Crippen LogP contribution is -2.26. The molecule has 2 aromatic rings. The average Bonchev–Trinajstić information content (AvgIpc) is 3.02. The Kier molecular flexibility index (Phi) is 4.92. The molecule has 0 radical (unpaired) electrons. The van der Waals surface area contributed by atoms with Gasteiger partial charge in [0.2, 0.25) is 5.91 Å². The number of rotatable bonds is 5. The van der Waals surface area contributed by atoms with Gasteiger partial charge in [-0.3, -0.25) is 19.7 Å². The maximum atomic E-state index is 13.0. The molecule has 1 heterocycles. The lowest BCUT2D eigenvalue weighted by Gasteiger charge is -2.16. The lowest BCUT2D eigenvalue weighted by molar-refractivity contribution is -0.384. The number of hydrogen-bond acceptors (Lipinski definition) is 5. The lowest BCUT2D eigenvalue weighted by atomic mass is 10.1. The Labute approximate surface area is 148 Å². The van der Waals surface area contributed by atoms with Crippen LogP contribution in [0, 0.1) is 21.8 Å². The minimum Gasteiger partial charge on any atom is -0.461 e. The van der Waals surface area contributed by atoms with Crippen LogP contribution in [0.25, 0.3) is 0 Å². The van der Waals surface area contributed by atoms with Crippen LogP contribution >= 0.6 is 0 Å². The van der Waals surface area contributed by atoms with Crippen LogP contribution < -0.4 is 4.90 Å². The third-order valence-electron chi connectivity index (χ3n) is 4.12. The second kappa shape index (κ2) is 7.30. The number of amides is 1. The molecule has 2 aromatic carbocycles. The van der Waals surface area contributed by atoms with Crippen molar-refractivity contribution >= 4 is 23.3 Å². The van der Waals surface area contributed by atoms with Gasteiger partial charge in [-0.15, -0.1) is 0 Å². The van der Waals surface area contributed by atoms with E-state index in [-0.39, 0.29) is 31.2 Å². The van der Waals surface area contributed by atoms with Gasteiger partial charge in [-0.2, -0.15) is 0 Å². The van der Waals surface area contributed by atoms with Crippen LogP contribution in [0.4, 0.5) is 15.8 Å². The first-order chi connectivity index (χ1) is 12.4. The van der Waals surface area contributed by atoms with Crippen molar-refractivity contribution in [1.29, 1.82) is 0 Å². The summed E-state index contributed by atoms with van der Waals surface area (Å²) >= 11 is 0. The average molecular weight is 358 g/mol. The Morgan fingerprint density at radius 1 is 1.19 bits per heavy atom. The van der Waals surface area contributed by atoms with Gasteiger partial charge in [0.15, 0.2) is 0 Å². The molecule has 0 spiro atoms. The van der Waals surface area contributed by atoms with Crippen LogP contribution in [0.3, 0.4) is 0 Å². The number of anilines is 1. The molecule has 0 unspecified atom stereocenters. The summed E-state index contributed by atoms with van der Waals surface area (Å²) in [6.07, 6.45) is 0.0243. The number of non-ortho nitro benzene ring substituents is 1. The summed E-state index contributed by atoms with van der Waals surface area (Å²) in [7, 11) is 0. The van der Waals surface area contributed by atoms with Crippen molar-refractivity contribution in [2.75, 3.05) is 11.4 Å². The number of carbonyl (C=O) groups is 2. The maximum Gasteiger partial charge on any atom is 0.311 e. The fourth-order valence-electron chi connectivity index (χ4n) is 2.72. The van der Waals surface area contributed by atoms with Gasteiger partial charge in [0.1, 0.15) is 12.4 Å². The summed E-state index contributed by atoms with van der Waals surface area (Å²) in [6, 6.07) is 11.2. The van der Waals surface area contributed by atoms with Crippen LogP contribution in [0.1, 0.15) is 12.0 Å². The van der Waals surface area contributed by atoms with Crippen LogP contribution in [-0.2, 0) is 20.9 Å². The minimum absolute atomic E-state index is 0.0243. The fraction of sp³-hybridized carbons (Fsp3) is 0.222. The molecule has 0 bridgehead atoms. The van der Waals surface area contributed by atoms with Crippen molar-refractivity contribution < 1.29 is 23.6 Å². The van der Waals surface area contributed by atoms with E-state index in [4.69, 9.17) is 4.74 Å². The SMILES string of the molecule is O=C(OCc1ccc([N+](=O)[O-])cc1)[C@H]1CC(=O)N(c2ccc(F)cc2)C1. The Balaban J connectivity index is 1.57. The summed E-state index contributed by atoms with van der Waals surface area (Å²) in [5.74, 6) is -1.75. The maximum absolute atomic E-state index is 13.0. The topological polar surface area (TPSA) is 89.7 Å². The Morgan fingerprint density at radius 2 is 1.85 bits per heavy atom. The van der Waals surface area contributed by atoms with E-state index >= 15 is 0 Å². The highest BCUT2D eigenvalue weighted by atomic mass is 19.1. The van der Waals surface area contributed by atoms with Gasteiger partial charge in [0, 0.05) is 30.8 Å². The van der Waals surface area contributed by atoms with Gasteiger partial charge in [-0.1, -0.05) is 0 Å². The number of benzene rings is 2. The standard InChI is InChI=1S/C18H15FN2O5/c19-14-3-7-15(8-4-14)20-10-13(9-17(20)22)18(23)26-11-12-1-5-16(6-2-12)21(24)25/h1-8,13H,9-11H2/t13-/m0/s1. The molecule has 0 aliphatic carbocycles. The Hall–Kier alpha value is -3.29. The second-order valence-corrected chi connectivity index (χ2v) is 5.91. The van der Waals surface area contributed by atoms with Crippen molar-refractivity contribution in [2.24, 2.45) is 5.92 Å². The van der Waals surface area contributed by atoms with E-state index < -0.39 is 22.6 Å². The molecular weight excluding hydrogens is 343 g/mol. The zero-order valence-corrected chi connectivity index (χ0v) is 13.6. The van der Waals surface area contributed by atoms with E-state index in [0.717, 1.165) is 0 Å². The number of esters is 1. The third-order valence-corrected chi connectivity index (χ3v) is 4.12. The molecule has 1 fully saturated rings. The number of ether oxygens (including phenoxy) is 1. The van der Waals surface area contributed by atoms with Gasteiger partial charge < -0.3 is 9.64 Å². The number of nitrogens with zero attached hydrogens (tertiary/aromatic N) is 2. The predicted molar refractivity (Wildman–Crippen MR) is 89.8 cm³/mol. The van der Waals surface area contributed by atoms with Crippen LogP contribution in [-0.4, -0.2) is 23.3 Å². The summed E-state index contributed by atoms with van der Waals surface area (Å²) in [6.45, 7) is 0.141. The molecule has 0 N–H and O–H groups in total. The first-order valence-electron chi connectivity index (χ1n) is 7.90. The van der Waals surface area contributed by atoms with Crippen molar-refractivity contribution in [2.45, 2.75) is 13.0 Å². The molecule has 1 aliphatic rings. The Morgan fingerprint density at radius 3 is 2.46 bits per heavy atom. The smallest absolute Gasteiger partial charge is 0.311 e. The largest absolute Gasteiger partial charge is 0.461 e. The van der Waals surface area contributed by atoms with Crippen molar-refractivity contribution in [3.63, 3.8) is 0 Å². The van der Waals surface area contributed by atoms with Crippen molar-refractivity contribution in [3.8, 4) is 0 Å². The molecular formula is C18H15FN2O5. The van der Waals surface area contributed by atoms with E-state index in [2.05, 4.69) is 0 Å². The monoisotopic (exact) mass is 358 g/mol. The molecule has 3 rings (SSSR count). The molecule has 0 aromatic heterocycles. The first-order valence-corrected chi connectivity index (χ1v) is 7.90. The molecule has 1 atom stereocenters. The number of halogens is 1. The fourth-order valence-corrected chi connectivity index (χ4v) is 2.72. The van der Waals surface area contributed by atoms with Gasteiger partial charge in [0.05, 0.1) is 10.8 Å². The molecule has 7 nitrogen and oxygen atoms in total. The number of carbonyl (C=O) groups excluding carboxylic acids is 2. The van der Waals surface area contributed by atoms with E-state index in [9.17, 15) is 24.1 Å². The van der Waals surface area contributed by atoms with Gasteiger partial charge in [0.25, 0.3) is 5.69 Å². The normalized spacial score (nSPS) is 16.6. The first kappa shape index (κ1) is 17.5. The molecule has 134 valence electrons. The zero-order valence-electron chi connectivity index (χ0n) is 13.6. The van der Waals surface area contributed by atoms with Crippen molar-refractivity contribution in [1.82, 2.24) is 0 Å². The number of nitro groups is 1. The van der Waals surface area contributed by atoms with Crippen LogP contribution in [0.5, 0.6) is 0 Å². The van der Waals surface area contributed by atoms with Gasteiger partial charge in [-0.05, 0) is 42.0 Å². The molecule has 8 heteroatoms. The quantitative estimate of drug-likeness (QED) is 0.466. The highest BCUT2D eigenvalue weighted by Crippen LogP contribution is 2.26. The van der Waals surface area contributed by atoms with E-state index in [0.29, 0.717) is 11.3 Å². The summed E-state index contributed by atoms with van der Waals surface area (Å²) < 4.78 is 18.2. The molecule has 1 saturated heterocycles. The predicted octanol–water partition coefficient (Wildman–Crippen LogP) is 2.83. The molecule has 1 amide bonds. The summed E-state index contributed by atoms with van der Waals surface area (Å²) in [4.78, 5) is 35.8. The number of nitro benzene ring substituents is 1. The second-order valence-electron chi connectivity index (χ2n) is 5.91. The van der Waals surface area contributed by atoms with Crippen LogP contribution in [0.2, 0.25) is 0 Å². The molecule has 0 saturated carbocycles. The molecule has 1 aliphatic heterocycles. The van der Waals surface area contributed by atoms with E-state index in [1.165, 1.54) is 53.4 Å². The van der Waals surface area contributed by atoms with Crippen molar-refractivity contribution in [3.05, 3.63) is 70.0 Å². The highest BCUT2D eigenvalue weighted by Gasteiger charge is 2.36. The minimum atomic E-state index is -0.606. The highest BCUT2D eigenvalue weighted by molar-refractivity contribution is 5.99. The van der Waals surface area contributed by atoms with E-state index in [1.807, 2.05) is 0 Å². The van der Waals surface area contributed by atoms with E-state index in [1.54, 1.807) is 0 Å². The number of hydrogen-bond donors (Lipinski definition) is 0.